The third kappa shape index (κ3) is 5.40. The predicted octanol–water partition coefficient (Wildman–Crippen LogP) is 4.62. The Morgan fingerprint density at radius 2 is 1.54 bits per heavy atom. The molecule has 9 nitrogen and oxygen atoms in total. The second-order valence-electron chi connectivity index (χ2n) is 10.1. The highest BCUT2D eigenvalue weighted by Crippen LogP contribution is 2.31. The molecule has 5 aromatic rings. The normalized spacial score (nSPS) is 14.7. The van der Waals surface area contributed by atoms with Gasteiger partial charge in [-0.2, -0.15) is 9.40 Å². The number of sulfonamides is 1. The molecule has 6 rings (SSSR count). The molecule has 1 fully saturated rings. The zero-order valence-corrected chi connectivity index (χ0v) is 24.0. The molecule has 2 aromatic heterocycles. The van der Waals surface area contributed by atoms with Crippen molar-refractivity contribution >= 4 is 26.9 Å². The highest BCUT2D eigenvalue weighted by molar-refractivity contribution is 7.89. The van der Waals surface area contributed by atoms with E-state index in [-0.39, 0.29) is 4.90 Å². The molecule has 0 unspecified atom stereocenters. The van der Waals surface area contributed by atoms with Crippen LogP contribution < -0.4 is 9.64 Å². The molecule has 0 radical (unpaired) electrons. The zero-order chi connectivity index (χ0) is 28.4. The summed E-state index contributed by atoms with van der Waals surface area (Å²) in [6.45, 7) is 3.92. The van der Waals surface area contributed by atoms with Gasteiger partial charge >= 0.3 is 0 Å². The molecule has 0 spiro atoms. The zero-order valence-electron chi connectivity index (χ0n) is 23.1. The van der Waals surface area contributed by atoms with Crippen LogP contribution in [0.5, 0.6) is 5.75 Å². The number of aryl methyl sites for hydroxylation is 1. The first kappa shape index (κ1) is 26.9. The minimum atomic E-state index is -3.65. The number of rotatable bonds is 7. The van der Waals surface area contributed by atoms with Crippen LogP contribution in [0.15, 0.2) is 89.8 Å². The van der Waals surface area contributed by atoms with E-state index in [2.05, 4.69) is 17.0 Å². The van der Waals surface area contributed by atoms with Crippen LogP contribution in [0.3, 0.4) is 0 Å². The van der Waals surface area contributed by atoms with E-state index in [1.165, 1.54) is 0 Å². The molecule has 41 heavy (non-hydrogen) atoms. The van der Waals surface area contributed by atoms with Gasteiger partial charge < -0.3 is 9.64 Å². The van der Waals surface area contributed by atoms with Crippen LogP contribution in [0.1, 0.15) is 23.5 Å². The summed E-state index contributed by atoms with van der Waals surface area (Å²) in [5.74, 6) is 2.11. The van der Waals surface area contributed by atoms with E-state index in [9.17, 15) is 8.42 Å². The van der Waals surface area contributed by atoms with Crippen LogP contribution in [0.25, 0.3) is 16.7 Å². The van der Waals surface area contributed by atoms with Crippen molar-refractivity contribution in [2.75, 3.05) is 38.2 Å². The number of methoxy groups -OCH3 is 1. The molecular weight excluding hydrogens is 536 g/mol. The number of fused-ring (bicyclic) bond motifs is 1. The number of hydrogen-bond acceptors (Lipinski definition) is 7. The van der Waals surface area contributed by atoms with E-state index in [1.807, 2.05) is 60.1 Å². The van der Waals surface area contributed by atoms with Gasteiger partial charge in [-0.25, -0.2) is 23.1 Å². The molecule has 0 bridgehead atoms. The van der Waals surface area contributed by atoms with E-state index in [4.69, 9.17) is 19.8 Å². The first-order valence-electron chi connectivity index (χ1n) is 13.7. The summed E-state index contributed by atoms with van der Waals surface area (Å²) in [6.07, 6.45) is 1.25. The Labute approximate surface area is 240 Å². The summed E-state index contributed by atoms with van der Waals surface area (Å²) >= 11 is 0. The lowest BCUT2D eigenvalue weighted by molar-refractivity contribution is 0.413. The molecule has 1 saturated heterocycles. The average molecular weight is 569 g/mol. The van der Waals surface area contributed by atoms with Gasteiger partial charge in [-0.3, -0.25) is 0 Å². The summed E-state index contributed by atoms with van der Waals surface area (Å²) in [7, 11) is -2.08. The van der Waals surface area contributed by atoms with Crippen molar-refractivity contribution in [1.29, 1.82) is 0 Å². The molecule has 210 valence electrons. The Hall–Kier alpha value is -4.28. The lowest BCUT2D eigenvalue weighted by Gasteiger charge is -2.24. The van der Waals surface area contributed by atoms with E-state index < -0.39 is 10.0 Å². The molecule has 1 aliphatic heterocycles. The predicted molar refractivity (Wildman–Crippen MR) is 159 cm³/mol. The minimum absolute atomic E-state index is 0.265. The van der Waals surface area contributed by atoms with Gasteiger partial charge in [-0.15, -0.1) is 0 Å². The Balaban J connectivity index is 1.37. The summed E-state index contributed by atoms with van der Waals surface area (Å²) in [4.78, 5) is 12.5. The second-order valence-corrected chi connectivity index (χ2v) is 12.0. The maximum atomic E-state index is 13.5. The Morgan fingerprint density at radius 3 is 2.24 bits per heavy atom. The van der Waals surface area contributed by atoms with Crippen LogP contribution in [-0.4, -0.2) is 65.8 Å². The number of anilines is 1. The van der Waals surface area contributed by atoms with E-state index >= 15 is 0 Å². The fraction of sp³-hybridized carbons (Fsp3) is 0.258. The average Bonchev–Trinajstić information content (AvgIpc) is 3.16. The molecule has 0 aliphatic carbocycles. The number of aromatic nitrogens is 4. The van der Waals surface area contributed by atoms with E-state index in [0.717, 1.165) is 33.8 Å². The third-order valence-electron chi connectivity index (χ3n) is 7.39. The highest BCUT2D eigenvalue weighted by Gasteiger charge is 2.29. The van der Waals surface area contributed by atoms with Gasteiger partial charge in [0.25, 0.3) is 0 Å². The molecule has 3 heterocycles. The fourth-order valence-corrected chi connectivity index (χ4v) is 6.75. The SMILES string of the molecule is COc1ccc(S(=O)(=O)N2CCCN(c3nc(Cc4ccccc4)nc4c3c(C)nn4-c3ccccc3)CC2)cc1. The van der Waals surface area contributed by atoms with Crippen LogP contribution in [0.4, 0.5) is 5.82 Å². The van der Waals surface area contributed by atoms with Crippen molar-refractivity contribution in [3.63, 3.8) is 0 Å². The van der Waals surface area contributed by atoms with Crippen molar-refractivity contribution in [2.24, 2.45) is 0 Å². The second kappa shape index (κ2) is 11.3. The fourth-order valence-electron chi connectivity index (χ4n) is 5.28. The summed E-state index contributed by atoms with van der Waals surface area (Å²) < 4.78 is 35.6. The minimum Gasteiger partial charge on any atom is -0.497 e. The molecule has 0 amide bonds. The van der Waals surface area contributed by atoms with Gasteiger partial charge in [0, 0.05) is 32.6 Å². The maximum absolute atomic E-state index is 13.5. The number of ether oxygens (including phenoxy) is 1. The van der Waals surface area contributed by atoms with Crippen LogP contribution >= 0.6 is 0 Å². The first-order valence-corrected chi connectivity index (χ1v) is 15.1. The van der Waals surface area contributed by atoms with Crippen molar-refractivity contribution in [3.05, 3.63) is 102 Å². The lowest BCUT2D eigenvalue weighted by atomic mass is 10.1. The number of benzene rings is 3. The number of para-hydroxylation sites is 1. The molecule has 0 saturated carbocycles. The molecule has 10 heteroatoms. The Morgan fingerprint density at radius 1 is 0.829 bits per heavy atom. The van der Waals surface area contributed by atoms with Crippen molar-refractivity contribution < 1.29 is 13.2 Å². The summed E-state index contributed by atoms with van der Waals surface area (Å²) in [5, 5.41) is 5.75. The first-order chi connectivity index (χ1) is 19.9. The molecule has 0 atom stereocenters. The quantitative estimate of drug-likeness (QED) is 0.283. The monoisotopic (exact) mass is 568 g/mol. The topological polar surface area (TPSA) is 93.5 Å². The largest absolute Gasteiger partial charge is 0.497 e. The van der Waals surface area contributed by atoms with Crippen molar-refractivity contribution in [1.82, 2.24) is 24.1 Å². The smallest absolute Gasteiger partial charge is 0.243 e. The molecule has 1 aliphatic rings. The Bertz CT molecular complexity index is 1760. The number of hydrogen-bond donors (Lipinski definition) is 0. The highest BCUT2D eigenvalue weighted by atomic mass is 32.2. The van der Waals surface area contributed by atoms with Crippen molar-refractivity contribution in [2.45, 2.75) is 24.7 Å². The maximum Gasteiger partial charge on any atom is 0.243 e. The standard InChI is InChI=1S/C31H32N6O3S/c1-23-29-30(35-18-9-19-36(21-20-35)41(38,39)27-16-14-26(40-2)15-17-27)32-28(22-24-10-5-3-6-11-24)33-31(29)37(34-23)25-12-7-4-8-13-25/h3-8,10-17H,9,18-22H2,1-2H3. The van der Waals surface area contributed by atoms with Crippen LogP contribution in [-0.2, 0) is 16.4 Å². The van der Waals surface area contributed by atoms with Gasteiger partial charge in [0.05, 0.1) is 28.8 Å². The van der Waals surface area contributed by atoms with Gasteiger partial charge in [0.2, 0.25) is 10.0 Å². The van der Waals surface area contributed by atoms with Gasteiger partial charge in [-0.05, 0) is 55.3 Å². The molecule has 3 aromatic carbocycles. The van der Waals surface area contributed by atoms with E-state index in [0.29, 0.717) is 50.6 Å². The summed E-state index contributed by atoms with van der Waals surface area (Å²) in [5.41, 5.74) is 3.62. The van der Waals surface area contributed by atoms with Crippen molar-refractivity contribution in [3.8, 4) is 11.4 Å². The number of nitrogens with zero attached hydrogens (tertiary/aromatic N) is 6. The van der Waals surface area contributed by atoms with Gasteiger partial charge in [0.15, 0.2) is 5.65 Å². The third-order valence-corrected chi connectivity index (χ3v) is 9.30. The molecule has 0 N–H and O–H groups in total. The Kier molecular flexibility index (Phi) is 7.42. The van der Waals surface area contributed by atoms with Gasteiger partial charge in [0.1, 0.15) is 17.4 Å². The van der Waals surface area contributed by atoms with Crippen LogP contribution in [0, 0.1) is 6.92 Å². The van der Waals surface area contributed by atoms with E-state index in [1.54, 1.807) is 35.7 Å². The van der Waals surface area contributed by atoms with Crippen LogP contribution in [0.2, 0.25) is 0 Å². The lowest BCUT2D eigenvalue weighted by Crippen LogP contribution is -2.35. The summed E-state index contributed by atoms with van der Waals surface area (Å²) in [6, 6.07) is 26.7. The molecular formula is C31H32N6O3S. The van der Waals surface area contributed by atoms with Gasteiger partial charge in [-0.1, -0.05) is 48.5 Å².